The van der Waals surface area contributed by atoms with Crippen LogP contribution in [0.1, 0.15) is 30.5 Å². The molecule has 0 unspecified atom stereocenters. The number of nitriles is 1. The van der Waals surface area contributed by atoms with Crippen molar-refractivity contribution >= 4 is 31.5 Å². The Morgan fingerprint density at radius 2 is 1.02 bits per heavy atom. The minimum atomic E-state index is 0.0300. The Balaban J connectivity index is 1.13. The van der Waals surface area contributed by atoms with Gasteiger partial charge < -0.3 is 0 Å². The first-order chi connectivity index (χ1) is 27.4. The molecule has 4 nitrogen and oxygen atoms in total. The predicted octanol–water partition coefficient (Wildman–Crippen LogP) is 13.2. The summed E-state index contributed by atoms with van der Waals surface area (Å²) in [5.41, 5.74) is 13.4. The SMILES string of the molecule is CC1(C)Cc2cc(C#N)ccc2-c2ccc(-c3c(-c4ccc(-c5nc(-c6ccccc6)nc(-c6ccccc6)n5)cc4)ccc4sc5ccccc5c34)cc2C1. The third kappa shape index (κ3) is 6.05. The van der Waals surface area contributed by atoms with E-state index in [4.69, 9.17) is 15.0 Å². The topological polar surface area (TPSA) is 62.5 Å². The van der Waals surface area contributed by atoms with Crippen LogP contribution < -0.4 is 0 Å². The zero-order valence-electron chi connectivity index (χ0n) is 31.1. The van der Waals surface area contributed by atoms with Crippen molar-refractivity contribution in [3.05, 3.63) is 174 Å². The molecule has 5 heteroatoms. The van der Waals surface area contributed by atoms with E-state index in [9.17, 15) is 5.26 Å². The molecule has 0 saturated heterocycles. The van der Waals surface area contributed by atoms with Crippen LogP contribution in [0.4, 0.5) is 0 Å². The van der Waals surface area contributed by atoms with Gasteiger partial charge in [-0.2, -0.15) is 5.26 Å². The summed E-state index contributed by atoms with van der Waals surface area (Å²) in [6.07, 6.45) is 1.87. The molecule has 0 amide bonds. The van der Waals surface area contributed by atoms with Crippen LogP contribution in [-0.4, -0.2) is 15.0 Å². The second-order valence-corrected chi connectivity index (χ2v) is 16.5. The minimum absolute atomic E-state index is 0.0300. The van der Waals surface area contributed by atoms with Crippen LogP contribution in [0.2, 0.25) is 0 Å². The van der Waals surface area contributed by atoms with Crippen LogP contribution in [0, 0.1) is 16.7 Å². The van der Waals surface area contributed by atoms with E-state index in [-0.39, 0.29) is 5.41 Å². The quantitative estimate of drug-likeness (QED) is 0.176. The second kappa shape index (κ2) is 13.5. The lowest BCUT2D eigenvalue weighted by Gasteiger charge is -2.23. The highest BCUT2D eigenvalue weighted by atomic mass is 32.1. The minimum Gasteiger partial charge on any atom is -0.208 e. The molecule has 2 heterocycles. The van der Waals surface area contributed by atoms with Gasteiger partial charge in [0.05, 0.1) is 11.6 Å². The van der Waals surface area contributed by atoms with Crippen molar-refractivity contribution < 1.29 is 0 Å². The Kier molecular flexibility index (Phi) is 8.17. The number of rotatable bonds is 5. The molecular formula is C51H36N4S. The van der Waals surface area contributed by atoms with E-state index in [1.165, 1.54) is 59.1 Å². The van der Waals surface area contributed by atoms with Crippen molar-refractivity contribution in [2.75, 3.05) is 0 Å². The van der Waals surface area contributed by atoms with Gasteiger partial charge >= 0.3 is 0 Å². The van der Waals surface area contributed by atoms with Gasteiger partial charge in [0.25, 0.3) is 0 Å². The molecule has 0 aliphatic heterocycles. The van der Waals surface area contributed by atoms with E-state index in [1.807, 2.05) is 78.1 Å². The molecule has 56 heavy (non-hydrogen) atoms. The molecular weight excluding hydrogens is 701 g/mol. The first-order valence-electron chi connectivity index (χ1n) is 19.0. The molecule has 0 radical (unpaired) electrons. The van der Waals surface area contributed by atoms with Crippen molar-refractivity contribution in [1.82, 2.24) is 15.0 Å². The molecule has 0 bridgehead atoms. The van der Waals surface area contributed by atoms with Gasteiger partial charge in [-0.15, -0.1) is 11.3 Å². The van der Waals surface area contributed by atoms with Crippen LogP contribution in [0.5, 0.6) is 0 Å². The van der Waals surface area contributed by atoms with Gasteiger partial charge in [-0.3, -0.25) is 0 Å². The molecule has 0 saturated carbocycles. The summed E-state index contributed by atoms with van der Waals surface area (Å²) >= 11 is 1.85. The third-order valence-corrected chi connectivity index (χ3v) is 12.1. The van der Waals surface area contributed by atoms with Gasteiger partial charge in [-0.25, -0.2) is 15.0 Å². The van der Waals surface area contributed by atoms with E-state index in [1.54, 1.807) is 0 Å². The molecule has 2 aromatic heterocycles. The normalized spacial score (nSPS) is 13.2. The van der Waals surface area contributed by atoms with Gasteiger partial charge in [0, 0.05) is 36.9 Å². The fourth-order valence-corrected chi connectivity index (χ4v) is 9.53. The first kappa shape index (κ1) is 33.8. The maximum absolute atomic E-state index is 9.68. The van der Waals surface area contributed by atoms with E-state index in [0.29, 0.717) is 17.5 Å². The molecule has 1 aliphatic carbocycles. The standard InChI is InChI=1S/C51H36N4S/c1-51(2)29-38-27-32(31-52)17-23-40(38)41-24-22-37(28-39(41)30-51)46-42(25-26-45-47(46)43-15-9-10-16-44(43)56-45)33-18-20-36(21-19-33)50-54-48(34-11-5-3-6-12-34)53-49(55-50)35-13-7-4-8-14-35/h3-28H,29-30H2,1-2H3. The lowest BCUT2D eigenvalue weighted by atomic mass is 9.81. The van der Waals surface area contributed by atoms with Crippen molar-refractivity contribution in [2.24, 2.45) is 5.41 Å². The van der Waals surface area contributed by atoms with Crippen molar-refractivity contribution in [1.29, 1.82) is 5.26 Å². The third-order valence-electron chi connectivity index (χ3n) is 11.0. The summed E-state index contributed by atoms with van der Waals surface area (Å²) in [6.45, 7) is 4.69. The number of fused-ring (bicyclic) bond motifs is 6. The predicted molar refractivity (Wildman–Crippen MR) is 231 cm³/mol. The summed E-state index contributed by atoms with van der Waals surface area (Å²) in [6, 6.07) is 57.8. The van der Waals surface area contributed by atoms with Crippen molar-refractivity contribution in [2.45, 2.75) is 26.7 Å². The number of thiophene rings is 1. The molecule has 0 spiro atoms. The molecule has 1 aliphatic rings. The largest absolute Gasteiger partial charge is 0.208 e. The fourth-order valence-electron chi connectivity index (χ4n) is 8.42. The first-order valence-corrected chi connectivity index (χ1v) is 19.8. The van der Waals surface area contributed by atoms with Crippen LogP contribution in [0.15, 0.2) is 158 Å². The summed E-state index contributed by atoms with van der Waals surface area (Å²) in [4.78, 5) is 14.9. The molecule has 7 aromatic carbocycles. The van der Waals surface area contributed by atoms with Crippen molar-refractivity contribution in [3.8, 4) is 73.6 Å². The van der Waals surface area contributed by atoms with Gasteiger partial charge in [-0.1, -0.05) is 147 Å². The number of hydrogen-bond acceptors (Lipinski definition) is 5. The maximum atomic E-state index is 9.68. The Labute approximate surface area is 330 Å². The highest BCUT2D eigenvalue weighted by molar-refractivity contribution is 7.26. The van der Waals surface area contributed by atoms with Gasteiger partial charge in [0.15, 0.2) is 17.5 Å². The zero-order valence-corrected chi connectivity index (χ0v) is 31.9. The summed E-state index contributed by atoms with van der Waals surface area (Å²) in [5, 5.41) is 12.2. The van der Waals surface area contributed by atoms with Crippen LogP contribution >= 0.6 is 11.3 Å². The molecule has 0 atom stereocenters. The highest BCUT2D eigenvalue weighted by Gasteiger charge is 2.28. The van der Waals surface area contributed by atoms with Gasteiger partial charge in [0.1, 0.15) is 0 Å². The molecule has 0 fully saturated rings. The number of hydrogen-bond donors (Lipinski definition) is 0. The summed E-state index contributed by atoms with van der Waals surface area (Å²) in [5.74, 6) is 1.93. The average Bonchev–Trinajstić information content (AvgIpc) is 3.57. The number of aromatic nitrogens is 3. The maximum Gasteiger partial charge on any atom is 0.164 e. The van der Waals surface area contributed by atoms with Crippen LogP contribution in [0.25, 0.3) is 87.7 Å². The van der Waals surface area contributed by atoms with E-state index in [0.717, 1.165) is 40.7 Å². The fraction of sp³-hybridized carbons (Fsp3) is 0.0980. The van der Waals surface area contributed by atoms with Crippen molar-refractivity contribution in [3.63, 3.8) is 0 Å². The van der Waals surface area contributed by atoms with E-state index >= 15 is 0 Å². The monoisotopic (exact) mass is 736 g/mol. The average molecular weight is 737 g/mol. The molecule has 10 rings (SSSR count). The Morgan fingerprint density at radius 3 is 1.66 bits per heavy atom. The van der Waals surface area contributed by atoms with E-state index in [2.05, 4.69) is 111 Å². The summed E-state index contributed by atoms with van der Waals surface area (Å²) in [7, 11) is 0. The van der Waals surface area contributed by atoms with Crippen LogP contribution in [0.3, 0.4) is 0 Å². The zero-order chi connectivity index (χ0) is 37.8. The highest BCUT2D eigenvalue weighted by Crippen LogP contribution is 2.47. The number of benzene rings is 7. The Hall–Kier alpha value is -6.74. The van der Waals surface area contributed by atoms with Gasteiger partial charge in [0.2, 0.25) is 0 Å². The molecule has 266 valence electrons. The lowest BCUT2D eigenvalue weighted by molar-refractivity contribution is 0.364. The smallest absolute Gasteiger partial charge is 0.164 e. The summed E-state index contributed by atoms with van der Waals surface area (Å²) < 4.78 is 2.56. The Bertz CT molecular complexity index is 2940. The number of nitrogens with zero attached hydrogens (tertiary/aromatic N) is 4. The lowest BCUT2D eigenvalue weighted by Crippen LogP contribution is -2.17. The van der Waals surface area contributed by atoms with Gasteiger partial charge in [-0.05, 0) is 87.0 Å². The molecule has 0 N–H and O–H groups in total. The second-order valence-electron chi connectivity index (χ2n) is 15.4. The van der Waals surface area contributed by atoms with E-state index < -0.39 is 0 Å². The Morgan fingerprint density at radius 1 is 0.500 bits per heavy atom. The van der Waals surface area contributed by atoms with Crippen LogP contribution in [-0.2, 0) is 12.8 Å². The molecule has 9 aromatic rings.